The molecule has 0 saturated carbocycles. The average Bonchev–Trinajstić information content (AvgIpc) is 2.55. The molecule has 0 saturated heterocycles. The summed E-state index contributed by atoms with van der Waals surface area (Å²) in [4.78, 5) is 0. The van der Waals surface area contributed by atoms with E-state index in [1.165, 1.54) is 0 Å². The van der Waals surface area contributed by atoms with Crippen LogP contribution in [-0.4, -0.2) is 4.40 Å². The second-order valence-electron chi connectivity index (χ2n) is 2.91. The van der Waals surface area contributed by atoms with Crippen molar-refractivity contribution in [1.29, 1.82) is 5.26 Å². The normalized spacial score (nSPS) is 10.2. The van der Waals surface area contributed by atoms with Crippen molar-refractivity contribution in [2.45, 2.75) is 6.92 Å². The Kier molecular flexibility index (Phi) is 1.75. The summed E-state index contributed by atoms with van der Waals surface area (Å²) >= 11 is 6.08. The molecule has 0 N–H and O–H groups in total. The molecule has 0 aromatic carbocycles. The Labute approximate surface area is 81.0 Å². The molecule has 13 heavy (non-hydrogen) atoms. The van der Waals surface area contributed by atoms with Crippen LogP contribution < -0.4 is 0 Å². The lowest BCUT2D eigenvalue weighted by Crippen LogP contribution is -1.86. The van der Waals surface area contributed by atoms with Crippen LogP contribution in [0.3, 0.4) is 0 Å². The van der Waals surface area contributed by atoms with Crippen molar-refractivity contribution in [3.05, 3.63) is 40.7 Å². The molecule has 0 fully saturated rings. The first kappa shape index (κ1) is 8.15. The van der Waals surface area contributed by atoms with Crippen molar-refractivity contribution in [2.75, 3.05) is 0 Å². The number of rotatable bonds is 0. The largest absolute Gasteiger partial charge is 0.321 e. The minimum absolute atomic E-state index is 0.619. The van der Waals surface area contributed by atoms with E-state index in [2.05, 4.69) is 6.07 Å². The van der Waals surface area contributed by atoms with Crippen LogP contribution in [0.5, 0.6) is 0 Å². The number of halogens is 1. The Morgan fingerprint density at radius 1 is 1.38 bits per heavy atom. The molecule has 2 rings (SSSR count). The van der Waals surface area contributed by atoms with Crippen molar-refractivity contribution < 1.29 is 0 Å². The average molecular weight is 191 g/mol. The molecular weight excluding hydrogens is 184 g/mol. The smallest absolute Gasteiger partial charge is 0.101 e. The van der Waals surface area contributed by atoms with Gasteiger partial charge in [-0.25, -0.2) is 0 Å². The predicted molar refractivity (Wildman–Crippen MR) is 51.9 cm³/mol. The fourth-order valence-corrected chi connectivity index (χ4v) is 1.61. The van der Waals surface area contributed by atoms with Crippen LogP contribution in [0.15, 0.2) is 24.5 Å². The lowest BCUT2D eigenvalue weighted by molar-refractivity contribution is 1.18. The molecule has 2 heterocycles. The van der Waals surface area contributed by atoms with Crippen molar-refractivity contribution in [3.8, 4) is 6.07 Å². The summed E-state index contributed by atoms with van der Waals surface area (Å²) in [6.07, 6.45) is 3.73. The maximum absolute atomic E-state index is 8.82. The number of hydrogen-bond acceptors (Lipinski definition) is 1. The summed E-state index contributed by atoms with van der Waals surface area (Å²) in [6, 6.07) is 5.80. The van der Waals surface area contributed by atoms with Crippen LogP contribution in [0.1, 0.15) is 11.1 Å². The zero-order chi connectivity index (χ0) is 9.42. The molecule has 0 bridgehead atoms. The predicted octanol–water partition coefficient (Wildman–Crippen LogP) is 2.77. The van der Waals surface area contributed by atoms with Gasteiger partial charge in [0.15, 0.2) is 0 Å². The fraction of sp³-hybridized carbons (Fsp3) is 0.100. The van der Waals surface area contributed by atoms with Crippen molar-refractivity contribution in [2.24, 2.45) is 0 Å². The molecule has 0 spiro atoms. The third-order valence-corrected chi connectivity index (χ3v) is 2.55. The lowest BCUT2D eigenvalue weighted by Gasteiger charge is -2.01. The highest BCUT2D eigenvalue weighted by atomic mass is 35.5. The van der Waals surface area contributed by atoms with Gasteiger partial charge in [-0.1, -0.05) is 11.6 Å². The number of nitrogens with zero attached hydrogens (tertiary/aromatic N) is 2. The van der Waals surface area contributed by atoms with E-state index in [1.54, 1.807) is 6.07 Å². The third-order valence-electron chi connectivity index (χ3n) is 2.07. The summed E-state index contributed by atoms with van der Waals surface area (Å²) in [5, 5.41) is 9.47. The summed E-state index contributed by atoms with van der Waals surface area (Å²) in [5.41, 5.74) is 2.40. The van der Waals surface area contributed by atoms with E-state index < -0.39 is 0 Å². The van der Waals surface area contributed by atoms with Crippen LogP contribution >= 0.6 is 11.6 Å². The SMILES string of the molecule is Cc1ccn2ccc(C#N)c2c1Cl. The molecule has 0 amide bonds. The molecule has 0 unspecified atom stereocenters. The molecule has 3 heteroatoms. The molecule has 0 aliphatic rings. The Balaban J connectivity index is 2.95. The van der Waals surface area contributed by atoms with Gasteiger partial charge in [-0.2, -0.15) is 5.26 Å². The third kappa shape index (κ3) is 1.09. The highest BCUT2D eigenvalue weighted by Crippen LogP contribution is 2.24. The van der Waals surface area contributed by atoms with E-state index in [9.17, 15) is 0 Å². The minimum Gasteiger partial charge on any atom is -0.321 e. The van der Waals surface area contributed by atoms with Gasteiger partial charge in [-0.15, -0.1) is 0 Å². The maximum atomic E-state index is 8.82. The quantitative estimate of drug-likeness (QED) is 0.628. The molecule has 2 aromatic heterocycles. The monoisotopic (exact) mass is 190 g/mol. The van der Waals surface area contributed by atoms with E-state index in [0.29, 0.717) is 10.6 Å². The fourth-order valence-electron chi connectivity index (χ4n) is 1.35. The van der Waals surface area contributed by atoms with Gasteiger partial charge >= 0.3 is 0 Å². The highest BCUT2D eigenvalue weighted by molar-refractivity contribution is 6.34. The van der Waals surface area contributed by atoms with Gasteiger partial charge < -0.3 is 4.40 Å². The van der Waals surface area contributed by atoms with Crippen LogP contribution in [0.25, 0.3) is 5.52 Å². The van der Waals surface area contributed by atoms with Crippen LogP contribution in [0.2, 0.25) is 5.02 Å². The molecule has 0 aliphatic heterocycles. The van der Waals surface area contributed by atoms with Crippen LogP contribution in [0, 0.1) is 18.3 Å². The molecule has 0 atom stereocenters. The zero-order valence-electron chi connectivity index (χ0n) is 7.08. The van der Waals surface area contributed by atoms with Gasteiger partial charge in [-0.3, -0.25) is 0 Å². The van der Waals surface area contributed by atoms with Crippen molar-refractivity contribution >= 4 is 17.1 Å². The number of hydrogen-bond donors (Lipinski definition) is 0. The van der Waals surface area contributed by atoms with E-state index >= 15 is 0 Å². The number of aryl methyl sites for hydroxylation is 1. The summed E-state index contributed by atoms with van der Waals surface area (Å²) in [6.45, 7) is 1.93. The lowest BCUT2D eigenvalue weighted by atomic mass is 10.2. The second kappa shape index (κ2) is 2.79. The second-order valence-corrected chi connectivity index (χ2v) is 3.29. The molecule has 2 nitrogen and oxygen atoms in total. The number of fused-ring (bicyclic) bond motifs is 1. The Morgan fingerprint density at radius 2 is 2.08 bits per heavy atom. The summed E-state index contributed by atoms with van der Waals surface area (Å²) in [5.74, 6) is 0. The Hall–Kier alpha value is -1.46. The maximum Gasteiger partial charge on any atom is 0.101 e. The van der Waals surface area contributed by atoms with E-state index in [1.807, 2.05) is 29.8 Å². The minimum atomic E-state index is 0.619. The van der Waals surface area contributed by atoms with Gasteiger partial charge in [0.2, 0.25) is 0 Å². The number of pyridine rings is 1. The first-order chi connectivity index (χ1) is 6.24. The van der Waals surface area contributed by atoms with Crippen molar-refractivity contribution in [1.82, 2.24) is 4.40 Å². The Morgan fingerprint density at radius 3 is 2.77 bits per heavy atom. The molecule has 0 aliphatic carbocycles. The van der Waals surface area contributed by atoms with E-state index in [0.717, 1.165) is 11.1 Å². The Bertz CT molecular complexity index is 505. The number of nitriles is 1. The molecule has 64 valence electrons. The highest BCUT2D eigenvalue weighted by Gasteiger charge is 2.07. The van der Waals surface area contributed by atoms with Crippen molar-refractivity contribution in [3.63, 3.8) is 0 Å². The van der Waals surface area contributed by atoms with Crippen LogP contribution in [-0.2, 0) is 0 Å². The first-order valence-corrected chi connectivity index (χ1v) is 4.27. The molecule has 2 aromatic rings. The zero-order valence-corrected chi connectivity index (χ0v) is 7.84. The first-order valence-electron chi connectivity index (χ1n) is 3.90. The molecular formula is C10H7ClN2. The standard InChI is InChI=1S/C10H7ClN2/c1-7-2-4-13-5-3-8(6-12)10(13)9(7)11/h2-5H,1H3. The molecule has 0 radical (unpaired) electrons. The van der Waals surface area contributed by atoms with E-state index in [-0.39, 0.29) is 0 Å². The summed E-state index contributed by atoms with van der Waals surface area (Å²) < 4.78 is 1.86. The van der Waals surface area contributed by atoms with Gasteiger partial charge in [0.25, 0.3) is 0 Å². The summed E-state index contributed by atoms with van der Waals surface area (Å²) in [7, 11) is 0. The van der Waals surface area contributed by atoms with Gasteiger partial charge in [0.1, 0.15) is 6.07 Å². The van der Waals surface area contributed by atoms with Gasteiger partial charge in [0, 0.05) is 12.4 Å². The van der Waals surface area contributed by atoms with Gasteiger partial charge in [0.05, 0.1) is 16.1 Å². The van der Waals surface area contributed by atoms with Gasteiger partial charge in [-0.05, 0) is 24.6 Å². The van der Waals surface area contributed by atoms with Crippen LogP contribution in [0.4, 0.5) is 0 Å². The van der Waals surface area contributed by atoms with E-state index in [4.69, 9.17) is 16.9 Å². The number of aromatic nitrogens is 1. The topological polar surface area (TPSA) is 28.2 Å².